The Balaban J connectivity index is 1.89. The van der Waals surface area contributed by atoms with Crippen LogP contribution in [0.25, 0.3) is 0 Å². The van der Waals surface area contributed by atoms with Crippen LogP contribution in [0.15, 0.2) is 0 Å². The molecule has 0 aliphatic heterocycles. The monoisotopic (exact) mass is 239 g/mol. The van der Waals surface area contributed by atoms with E-state index in [9.17, 15) is 14.9 Å². The largest absolute Gasteiger partial charge is 0.481 e. The van der Waals surface area contributed by atoms with Crippen LogP contribution in [0.2, 0.25) is 0 Å². The Hall–Kier alpha value is -1.13. The van der Waals surface area contributed by atoms with E-state index in [1.165, 1.54) is 0 Å². The molecule has 3 fully saturated rings. The number of nitrogens with zero attached hydrogens (tertiary/aromatic N) is 1. The fraction of sp³-hybridized carbons (Fsp3) is 0.917. The Bertz CT molecular complexity index is 347. The average Bonchev–Trinajstić information content (AvgIpc) is 2.68. The molecule has 0 bridgehead atoms. The molecule has 5 atom stereocenters. The number of carboxylic acid groups (broad SMARTS) is 1. The highest BCUT2D eigenvalue weighted by Crippen LogP contribution is 2.72. The molecule has 5 heteroatoms. The Kier molecular flexibility index (Phi) is 2.22. The zero-order chi connectivity index (χ0) is 12.2. The molecule has 1 N–H and O–H groups in total. The molecule has 3 aliphatic rings. The van der Waals surface area contributed by atoms with Crippen LogP contribution in [0.3, 0.4) is 0 Å². The zero-order valence-electron chi connectivity index (χ0n) is 9.67. The Morgan fingerprint density at radius 1 is 1.29 bits per heavy atom. The first kappa shape index (κ1) is 11.0. The maximum Gasteiger partial charge on any atom is 0.304 e. The molecule has 3 rings (SSSR count). The third-order valence-corrected chi connectivity index (χ3v) is 5.55. The molecule has 3 aliphatic carbocycles. The highest BCUT2D eigenvalue weighted by Gasteiger charge is 2.70. The SMILES string of the molecule is O=C(O)C[C@]1(C[N+](=O)[O-])[C@@H]2CCC3CC[C@H]1[C@@H]32. The first-order valence-electron chi connectivity index (χ1n) is 6.38. The number of hydrogen-bond donors (Lipinski definition) is 1. The van der Waals surface area contributed by atoms with Crippen LogP contribution >= 0.6 is 0 Å². The van der Waals surface area contributed by atoms with Gasteiger partial charge in [-0.25, -0.2) is 0 Å². The number of rotatable bonds is 4. The standard InChI is InChI=1S/C12H17NO4/c14-10(15)5-12(6-13(16)17)8-3-1-7-2-4-9(12)11(7)8/h7-9,11H,1-6H2,(H,14,15)/t7?,8-,9+,11+,12+. The molecule has 0 aromatic heterocycles. The van der Waals surface area contributed by atoms with Gasteiger partial charge in [0.2, 0.25) is 6.54 Å². The third-order valence-electron chi connectivity index (χ3n) is 5.55. The Morgan fingerprint density at radius 3 is 2.35 bits per heavy atom. The lowest BCUT2D eigenvalue weighted by atomic mass is 9.47. The lowest BCUT2D eigenvalue weighted by Gasteiger charge is -2.55. The topological polar surface area (TPSA) is 80.4 Å². The quantitative estimate of drug-likeness (QED) is 0.599. The normalized spacial score (nSPS) is 46.4. The van der Waals surface area contributed by atoms with Gasteiger partial charge in [0.05, 0.1) is 11.8 Å². The van der Waals surface area contributed by atoms with Crippen LogP contribution in [0.1, 0.15) is 32.1 Å². The number of hydrogen-bond acceptors (Lipinski definition) is 3. The summed E-state index contributed by atoms with van der Waals surface area (Å²) in [5, 5.41) is 19.9. The summed E-state index contributed by atoms with van der Waals surface area (Å²) in [6.07, 6.45) is 4.32. The molecule has 0 radical (unpaired) electrons. The van der Waals surface area contributed by atoms with E-state index in [0.717, 1.165) is 31.6 Å². The van der Waals surface area contributed by atoms with Gasteiger partial charge in [-0.15, -0.1) is 0 Å². The Labute approximate surface area is 99.3 Å². The van der Waals surface area contributed by atoms with Crippen molar-refractivity contribution >= 4 is 5.97 Å². The molecule has 0 spiro atoms. The van der Waals surface area contributed by atoms with Gasteiger partial charge in [-0.2, -0.15) is 0 Å². The van der Waals surface area contributed by atoms with Crippen molar-refractivity contribution in [1.82, 2.24) is 0 Å². The second-order valence-electron chi connectivity index (χ2n) is 6.00. The molecule has 0 amide bonds. The average molecular weight is 239 g/mol. The van der Waals surface area contributed by atoms with Crippen LogP contribution < -0.4 is 0 Å². The summed E-state index contributed by atoms with van der Waals surface area (Å²) in [6, 6.07) is 0. The first-order chi connectivity index (χ1) is 8.04. The second-order valence-corrected chi connectivity index (χ2v) is 6.00. The minimum atomic E-state index is -0.874. The van der Waals surface area contributed by atoms with Crippen molar-refractivity contribution in [2.75, 3.05) is 6.54 Å². The predicted molar refractivity (Wildman–Crippen MR) is 59.0 cm³/mol. The van der Waals surface area contributed by atoms with E-state index < -0.39 is 11.4 Å². The summed E-state index contributed by atoms with van der Waals surface area (Å²) in [5.74, 6) is 1.08. The summed E-state index contributed by atoms with van der Waals surface area (Å²) in [7, 11) is 0. The molecule has 0 aromatic carbocycles. The highest BCUT2D eigenvalue weighted by molar-refractivity contribution is 5.68. The minimum absolute atomic E-state index is 0.00741. The first-order valence-corrected chi connectivity index (χ1v) is 6.38. The number of nitro groups is 1. The maximum atomic E-state index is 11.0. The lowest BCUT2D eigenvalue weighted by Crippen LogP contribution is -2.58. The van der Waals surface area contributed by atoms with E-state index >= 15 is 0 Å². The third kappa shape index (κ3) is 1.34. The van der Waals surface area contributed by atoms with Crippen LogP contribution in [0.4, 0.5) is 0 Å². The Morgan fingerprint density at radius 2 is 1.88 bits per heavy atom. The van der Waals surface area contributed by atoms with Gasteiger partial charge in [0.15, 0.2) is 0 Å². The van der Waals surface area contributed by atoms with Gasteiger partial charge in [-0.1, -0.05) is 0 Å². The van der Waals surface area contributed by atoms with Crippen molar-refractivity contribution < 1.29 is 14.8 Å². The van der Waals surface area contributed by atoms with Gasteiger partial charge < -0.3 is 5.11 Å². The van der Waals surface area contributed by atoms with Gasteiger partial charge in [-0.3, -0.25) is 14.9 Å². The van der Waals surface area contributed by atoms with Crippen LogP contribution in [0.5, 0.6) is 0 Å². The van der Waals surface area contributed by atoms with E-state index in [1.54, 1.807) is 0 Å². The van der Waals surface area contributed by atoms with Gasteiger partial charge in [-0.05, 0) is 49.4 Å². The summed E-state index contributed by atoms with van der Waals surface area (Å²) in [5.41, 5.74) is -0.523. The zero-order valence-corrected chi connectivity index (χ0v) is 9.67. The highest BCUT2D eigenvalue weighted by atomic mass is 16.6. The van der Waals surface area contributed by atoms with E-state index in [-0.39, 0.29) is 17.9 Å². The summed E-state index contributed by atoms with van der Waals surface area (Å²) in [6.45, 7) is -0.141. The smallest absolute Gasteiger partial charge is 0.304 e. The second kappa shape index (κ2) is 3.43. The minimum Gasteiger partial charge on any atom is -0.481 e. The summed E-state index contributed by atoms with van der Waals surface area (Å²) >= 11 is 0. The molecular weight excluding hydrogens is 222 g/mol. The van der Waals surface area contributed by atoms with E-state index in [1.807, 2.05) is 0 Å². The molecule has 0 heterocycles. The molecule has 94 valence electrons. The van der Waals surface area contributed by atoms with E-state index in [0.29, 0.717) is 17.8 Å². The fourth-order valence-corrected chi connectivity index (χ4v) is 5.21. The van der Waals surface area contributed by atoms with Gasteiger partial charge in [0.1, 0.15) is 0 Å². The van der Waals surface area contributed by atoms with E-state index in [2.05, 4.69) is 0 Å². The van der Waals surface area contributed by atoms with Crippen molar-refractivity contribution in [3.8, 4) is 0 Å². The summed E-state index contributed by atoms with van der Waals surface area (Å²) < 4.78 is 0. The molecule has 17 heavy (non-hydrogen) atoms. The van der Waals surface area contributed by atoms with Crippen molar-refractivity contribution in [2.45, 2.75) is 32.1 Å². The number of carbonyl (C=O) groups is 1. The maximum absolute atomic E-state index is 11.0. The van der Waals surface area contributed by atoms with Crippen molar-refractivity contribution in [2.24, 2.45) is 29.1 Å². The van der Waals surface area contributed by atoms with E-state index in [4.69, 9.17) is 5.11 Å². The van der Waals surface area contributed by atoms with Crippen LogP contribution in [-0.4, -0.2) is 22.5 Å². The predicted octanol–water partition coefficient (Wildman–Crippen LogP) is 1.79. The molecular formula is C12H17NO4. The van der Waals surface area contributed by atoms with Crippen molar-refractivity contribution in [3.05, 3.63) is 10.1 Å². The van der Waals surface area contributed by atoms with Gasteiger partial charge in [0.25, 0.3) is 0 Å². The molecule has 1 unspecified atom stereocenters. The van der Waals surface area contributed by atoms with Crippen molar-refractivity contribution in [1.29, 1.82) is 0 Å². The molecule has 5 nitrogen and oxygen atoms in total. The summed E-state index contributed by atoms with van der Waals surface area (Å²) in [4.78, 5) is 21.6. The number of aliphatic carboxylic acids is 1. The van der Waals surface area contributed by atoms with Gasteiger partial charge in [0, 0.05) is 4.92 Å². The van der Waals surface area contributed by atoms with Gasteiger partial charge >= 0.3 is 5.97 Å². The molecule has 0 aromatic rings. The van der Waals surface area contributed by atoms with Crippen LogP contribution in [0, 0.1) is 39.2 Å². The number of carboxylic acids is 1. The van der Waals surface area contributed by atoms with Crippen LogP contribution in [-0.2, 0) is 4.79 Å². The lowest BCUT2D eigenvalue weighted by molar-refractivity contribution is -0.511. The molecule has 0 saturated heterocycles. The molecule has 3 saturated carbocycles. The fourth-order valence-electron chi connectivity index (χ4n) is 5.21. The van der Waals surface area contributed by atoms with Crippen molar-refractivity contribution in [3.63, 3.8) is 0 Å².